The molecule has 1 aliphatic heterocycles. The van der Waals surface area contributed by atoms with Crippen molar-refractivity contribution in [1.29, 1.82) is 0 Å². The van der Waals surface area contributed by atoms with Crippen molar-refractivity contribution in [3.63, 3.8) is 0 Å². The van der Waals surface area contributed by atoms with Gasteiger partial charge in [-0.3, -0.25) is 0 Å². The number of oxazole rings is 1. The van der Waals surface area contributed by atoms with E-state index < -0.39 is 0 Å². The number of thiol groups is 1. The molecule has 4 rings (SSSR count). The summed E-state index contributed by atoms with van der Waals surface area (Å²) in [5, 5.41) is 0. The van der Waals surface area contributed by atoms with Crippen molar-refractivity contribution < 1.29 is 13.5 Å². The van der Waals surface area contributed by atoms with Crippen molar-refractivity contribution in [1.82, 2.24) is 15.0 Å². The van der Waals surface area contributed by atoms with Gasteiger partial charge in [0.1, 0.15) is 23.0 Å². The highest BCUT2D eigenvalue weighted by Crippen LogP contribution is 2.35. The maximum absolute atomic E-state index is 13.3. The van der Waals surface area contributed by atoms with Crippen LogP contribution in [0.1, 0.15) is 5.82 Å². The lowest BCUT2D eigenvalue weighted by atomic mass is 10.1. The third-order valence-corrected chi connectivity index (χ3v) is 4.38. The molecule has 3 aromatic rings. The van der Waals surface area contributed by atoms with Crippen LogP contribution in [-0.2, 0) is 10.5 Å². The molecule has 1 saturated heterocycles. The number of rotatable bonds is 4. The molecule has 8 heteroatoms. The molecule has 0 atom stereocenters. The van der Waals surface area contributed by atoms with E-state index in [1.54, 1.807) is 24.4 Å². The molecule has 0 bridgehead atoms. The van der Waals surface area contributed by atoms with Crippen LogP contribution in [0.2, 0.25) is 0 Å². The van der Waals surface area contributed by atoms with Crippen LogP contribution in [0.5, 0.6) is 0 Å². The Morgan fingerprint density at radius 3 is 2.58 bits per heavy atom. The number of hydrogen-bond acceptors (Lipinski definition) is 7. The van der Waals surface area contributed by atoms with Gasteiger partial charge < -0.3 is 14.1 Å². The maximum Gasteiger partial charge on any atom is 0.298 e. The minimum Gasteiger partial charge on any atom is -0.421 e. The number of benzene rings is 1. The first-order valence-corrected chi connectivity index (χ1v) is 8.90. The fourth-order valence-electron chi connectivity index (χ4n) is 2.78. The number of nitrogens with zero attached hydrogens (tertiary/aromatic N) is 4. The Hall–Kier alpha value is -2.45. The predicted octanol–water partition coefficient (Wildman–Crippen LogP) is 3.20. The van der Waals surface area contributed by atoms with Crippen molar-refractivity contribution in [3.05, 3.63) is 48.2 Å². The van der Waals surface area contributed by atoms with Crippen LogP contribution in [0.25, 0.3) is 22.7 Å². The zero-order chi connectivity index (χ0) is 17.9. The topological polar surface area (TPSA) is 64.3 Å². The zero-order valence-corrected chi connectivity index (χ0v) is 14.8. The quantitative estimate of drug-likeness (QED) is 0.710. The van der Waals surface area contributed by atoms with Gasteiger partial charge in [-0.2, -0.15) is 17.6 Å². The van der Waals surface area contributed by atoms with Crippen LogP contribution in [0.4, 0.5) is 10.4 Å². The van der Waals surface area contributed by atoms with Gasteiger partial charge in [0.05, 0.1) is 19.0 Å². The molecule has 0 amide bonds. The van der Waals surface area contributed by atoms with Gasteiger partial charge in [-0.25, -0.2) is 14.4 Å². The van der Waals surface area contributed by atoms with Gasteiger partial charge in [0.25, 0.3) is 6.01 Å². The van der Waals surface area contributed by atoms with Crippen molar-refractivity contribution in [2.75, 3.05) is 31.2 Å². The second-order valence-corrected chi connectivity index (χ2v) is 6.11. The molecule has 1 aromatic carbocycles. The van der Waals surface area contributed by atoms with Gasteiger partial charge in [0.15, 0.2) is 5.76 Å². The van der Waals surface area contributed by atoms with E-state index >= 15 is 0 Å². The van der Waals surface area contributed by atoms with Gasteiger partial charge in [0, 0.05) is 24.8 Å². The van der Waals surface area contributed by atoms with Crippen molar-refractivity contribution in [2.45, 2.75) is 5.75 Å². The molecular formula is C18H17FN4O2S. The fourth-order valence-corrected chi connectivity index (χ4v) is 2.93. The number of halogens is 1. The number of morpholine rings is 1. The molecule has 2 aromatic heterocycles. The summed E-state index contributed by atoms with van der Waals surface area (Å²) in [6.45, 7) is 2.66. The second-order valence-electron chi connectivity index (χ2n) is 5.80. The molecule has 1 aliphatic rings. The lowest BCUT2D eigenvalue weighted by Gasteiger charge is -2.24. The SMILES string of the molecule is Fc1ccc(-c2nc(N3CCOCC3)oc2-c2ccnc(CS)n2)cc1. The van der Waals surface area contributed by atoms with Crippen LogP contribution in [-0.4, -0.2) is 41.3 Å². The van der Waals surface area contributed by atoms with E-state index in [1.165, 1.54) is 12.1 Å². The summed E-state index contributed by atoms with van der Waals surface area (Å²) in [7, 11) is 0. The molecular weight excluding hydrogens is 355 g/mol. The Bertz CT molecular complexity index is 894. The molecule has 6 nitrogen and oxygen atoms in total. The van der Waals surface area contributed by atoms with E-state index in [9.17, 15) is 4.39 Å². The van der Waals surface area contributed by atoms with E-state index in [2.05, 4.69) is 27.6 Å². The first-order valence-electron chi connectivity index (χ1n) is 8.27. The Labute approximate surface area is 155 Å². The molecule has 0 N–H and O–H groups in total. The summed E-state index contributed by atoms with van der Waals surface area (Å²) in [4.78, 5) is 15.3. The summed E-state index contributed by atoms with van der Waals surface area (Å²) < 4.78 is 24.8. The number of ether oxygens (including phenoxy) is 1. The highest BCUT2D eigenvalue weighted by atomic mass is 32.1. The summed E-state index contributed by atoms with van der Waals surface area (Å²) in [6.07, 6.45) is 1.67. The van der Waals surface area contributed by atoms with Gasteiger partial charge in [-0.1, -0.05) is 0 Å². The average Bonchev–Trinajstić information content (AvgIpc) is 3.15. The van der Waals surface area contributed by atoms with Crippen LogP contribution < -0.4 is 4.90 Å². The van der Waals surface area contributed by atoms with E-state index in [-0.39, 0.29) is 5.82 Å². The molecule has 0 saturated carbocycles. The third-order valence-electron chi connectivity index (χ3n) is 4.09. The van der Waals surface area contributed by atoms with E-state index in [4.69, 9.17) is 9.15 Å². The molecule has 3 heterocycles. The smallest absolute Gasteiger partial charge is 0.298 e. The Morgan fingerprint density at radius 2 is 1.85 bits per heavy atom. The van der Waals surface area contributed by atoms with Crippen molar-refractivity contribution >= 4 is 18.6 Å². The summed E-state index contributed by atoms with van der Waals surface area (Å²) >= 11 is 4.23. The van der Waals surface area contributed by atoms with E-state index in [1.807, 2.05) is 4.90 Å². The Morgan fingerprint density at radius 1 is 1.08 bits per heavy atom. The summed E-state index contributed by atoms with van der Waals surface area (Å²) in [5.74, 6) is 1.25. The van der Waals surface area contributed by atoms with Gasteiger partial charge in [-0.15, -0.1) is 0 Å². The summed E-state index contributed by atoms with van der Waals surface area (Å²) in [5.41, 5.74) is 2.00. The largest absolute Gasteiger partial charge is 0.421 e. The fraction of sp³-hybridized carbons (Fsp3) is 0.278. The first-order chi connectivity index (χ1) is 12.7. The molecule has 0 unspecified atom stereocenters. The minimum atomic E-state index is -0.299. The molecule has 134 valence electrons. The number of hydrogen-bond donors (Lipinski definition) is 1. The third kappa shape index (κ3) is 3.42. The minimum absolute atomic E-state index is 0.299. The highest BCUT2D eigenvalue weighted by molar-refractivity contribution is 7.79. The van der Waals surface area contributed by atoms with E-state index in [0.29, 0.717) is 61.0 Å². The van der Waals surface area contributed by atoms with Gasteiger partial charge >= 0.3 is 0 Å². The van der Waals surface area contributed by atoms with Gasteiger partial charge in [-0.05, 0) is 30.3 Å². The number of aromatic nitrogens is 3. The highest BCUT2D eigenvalue weighted by Gasteiger charge is 2.23. The Balaban J connectivity index is 1.81. The molecule has 0 spiro atoms. The normalized spacial score (nSPS) is 14.6. The lowest BCUT2D eigenvalue weighted by molar-refractivity contribution is 0.120. The zero-order valence-electron chi connectivity index (χ0n) is 13.9. The average molecular weight is 372 g/mol. The number of anilines is 1. The van der Waals surface area contributed by atoms with Gasteiger partial charge in [0.2, 0.25) is 0 Å². The van der Waals surface area contributed by atoms with Crippen LogP contribution >= 0.6 is 12.6 Å². The van der Waals surface area contributed by atoms with Crippen LogP contribution in [0.15, 0.2) is 40.9 Å². The molecule has 0 radical (unpaired) electrons. The Kier molecular flexibility index (Phi) is 4.85. The first kappa shape index (κ1) is 17.0. The van der Waals surface area contributed by atoms with Crippen LogP contribution in [0, 0.1) is 5.82 Å². The summed E-state index contributed by atoms with van der Waals surface area (Å²) in [6, 6.07) is 8.45. The molecule has 1 fully saturated rings. The molecule has 0 aliphatic carbocycles. The van der Waals surface area contributed by atoms with E-state index in [0.717, 1.165) is 5.56 Å². The standard InChI is InChI=1S/C18H17FN4O2S/c19-13-3-1-12(2-4-13)16-17(14-5-6-20-15(11-26)21-14)25-18(22-16)23-7-9-24-10-8-23/h1-6,26H,7-11H2. The van der Waals surface area contributed by atoms with Crippen molar-refractivity contribution in [3.8, 4) is 22.7 Å². The maximum atomic E-state index is 13.3. The monoisotopic (exact) mass is 372 g/mol. The second kappa shape index (κ2) is 7.43. The van der Waals surface area contributed by atoms with Crippen molar-refractivity contribution in [2.24, 2.45) is 0 Å². The van der Waals surface area contributed by atoms with Crippen LogP contribution in [0.3, 0.4) is 0 Å². The lowest BCUT2D eigenvalue weighted by Crippen LogP contribution is -2.36. The molecule has 26 heavy (non-hydrogen) atoms. The predicted molar refractivity (Wildman–Crippen MR) is 98.6 cm³/mol.